The molecule has 1 heterocycles. The molecule has 1 aromatic carbocycles. The zero-order chi connectivity index (χ0) is 12.6. The number of nitrogen functional groups attached to an aromatic ring is 1. The van der Waals surface area contributed by atoms with Crippen LogP contribution in [0.5, 0.6) is 0 Å². The predicted molar refractivity (Wildman–Crippen MR) is 58.4 cm³/mol. The Hall–Kier alpha value is -2.77. The van der Waals surface area contributed by atoms with Gasteiger partial charge in [0.25, 0.3) is 0 Å². The molecule has 8 heteroatoms. The molecule has 0 atom stereocenters. The summed E-state index contributed by atoms with van der Waals surface area (Å²) < 4.78 is 0.683. The van der Waals surface area contributed by atoms with E-state index in [2.05, 4.69) is 10.2 Å². The highest BCUT2D eigenvalue weighted by molar-refractivity contribution is 5.93. The summed E-state index contributed by atoms with van der Waals surface area (Å²) in [4.78, 5) is 33.7. The van der Waals surface area contributed by atoms with Gasteiger partial charge in [-0.05, 0) is 18.2 Å². The Labute approximate surface area is 93.3 Å². The van der Waals surface area contributed by atoms with Crippen LogP contribution in [-0.2, 0) is 0 Å². The van der Waals surface area contributed by atoms with E-state index in [-0.39, 0.29) is 16.9 Å². The van der Waals surface area contributed by atoms with Crippen molar-refractivity contribution in [1.29, 1.82) is 0 Å². The smallest absolute Gasteiger partial charge is 0.349 e. The Balaban J connectivity index is 2.81. The fourth-order valence-electron chi connectivity index (χ4n) is 1.45. The first-order valence-corrected chi connectivity index (χ1v) is 4.53. The molecule has 0 aliphatic carbocycles. The number of rotatable bonds is 2. The van der Waals surface area contributed by atoms with Crippen molar-refractivity contribution >= 4 is 11.7 Å². The molecule has 8 nitrogen and oxygen atoms in total. The lowest BCUT2D eigenvalue weighted by molar-refractivity contribution is 0.0697. The molecule has 0 unspecified atom stereocenters. The number of carboxylic acids is 1. The largest absolute Gasteiger partial charge is 0.478 e. The molecule has 0 aliphatic heterocycles. The van der Waals surface area contributed by atoms with Crippen molar-refractivity contribution in [3.63, 3.8) is 0 Å². The van der Waals surface area contributed by atoms with Gasteiger partial charge in [0, 0.05) is 5.69 Å². The number of hydrogen-bond donors (Lipinski definition) is 4. The van der Waals surface area contributed by atoms with E-state index in [1.807, 2.05) is 0 Å². The molecule has 0 amide bonds. The summed E-state index contributed by atoms with van der Waals surface area (Å²) in [7, 11) is 0. The number of nitrogens with two attached hydrogens (primary N) is 1. The normalized spacial score (nSPS) is 10.4. The summed E-state index contributed by atoms with van der Waals surface area (Å²) in [5.74, 6) is -1.28. The summed E-state index contributed by atoms with van der Waals surface area (Å²) in [6.07, 6.45) is 0. The Kier molecular flexibility index (Phi) is 2.32. The van der Waals surface area contributed by atoms with Gasteiger partial charge in [0.1, 0.15) is 0 Å². The predicted octanol–water partition coefficient (Wildman–Crippen LogP) is -0.866. The monoisotopic (exact) mass is 236 g/mol. The van der Waals surface area contributed by atoms with Crippen molar-refractivity contribution in [1.82, 2.24) is 14.8 Å². The van der Waals surface area contributed by atoms with Gasteiger partial charge in [0.05, 0.1) is 11.3 Å². The van der Waals surface area contributed by atoms with E-state index >= 15 is 0 Å². The standard InChI is InChI=1S/C9H8N4O4/c10-4-1-2-6(5(3-4)7(14)15)13-8(16)11-12-9(13)17/h1-3H,10H2,(H,11,16)(H,12,17)(H,14,15). The highest BCUT2D eigenvalue weighted by Gasteiger charge is 2.15. The Bertz CT molecular complexity index is 666. The van der Waals surface area contributed by atoms with Gasteiger partial charge < -0.3 is 10.8 Å². The Morgan fingerprint density at radius 3 is 2.35 bits per heavy atom. The number of benzene rings is 1. The maximum Gasteiger partial charge on any atom is 0.349 e. The maximum absolute atomic E-state index is 11.4. The number of carbonyl (C=O) groups is 1. The molecule has 0 spiro atoms. The molecule has 0 radical (unpaired) electrons. The molecule has 0 fully saturated rings. The lowest BCUT2D eigenvalue weighted by Crippen LogP contribution is -2.26. The molecule has 2 rings (SSSR count). The second-order valence-electron chi connectivity index (χ2n) is 3.28. The number of anilines is 1. The van der Waals surface area contributed by atoms with E-state index in [1.54, 1.807) is 0 Å². The van der Waals surface area contributed by atoms with Crippen molar-refractivity contribution < 1.29 is 9.90 Å². The molecular weight excluding hydrogens is 228 g/mol. The molecular formula is C9H8N4O4. The molecule has 1 aromatic heterocycles. The summed E-state index contributed by atoms with van der Waals surface area (Å²) >= 11 is 0. The first kappa shape index (κ1) is 10.7. The number of nitrogens with one attached hydrogen (secondary N) is 2. The van der Waals surface area contributed by atoms with Crippen LogP contribution in [-0.4, -0.2) is 25.8 Å². The van der Waals surface area contributed by atoms with Gasteiger partial charge in [-0.1, -0.05) is 0 Å². The van der Waals surface area contributed by atoms with Gasteiger partial charge in [-0.2, -0.15) is 0 Å². The van der Waals surface area contributed by atoms with E-state index in [0.717, 1.165) is 0 Å². The first-order valence-electron chi connectivity index (χ1n) is 4.53. The molecule has 0 saturated carbocycles. The number of hydrogen-bond acceptors (Lipinski definition) is 4. The van der Waals surface area contributed by atoms with Crippen LogP contribution in [0.3, 0.4) is 0 Å². The summed E-state index contributed by atoms with van der Waals surface area (Å²) in [6.45, 7) is 0. The number of nitrogens with zero attached hydrogens (tertiary/aromatic N) is 1. The van der Waals surface area contributed by atoms with Crippen molar-refractivity contribution in [3.8, 4) is 5.69 Å². The van der Waals surface area contributed by atoms with Gasteiger partial charge in [-0.15, -0.1) is 0 Å². The van der Waals surface area contributed by atoms with Crippen molar-refractivity contribution in [2.45, 2.75) is 0 Å². The van der Waals surface area contributed by atoms with Crippen LogP contribution in [0, 0.1) is 0 Å². The number of aromatic carboxylic acids is 1. The average molecular weight is 236 g/mol. The van der Waals surface area contributed by atoms with Gasteiger partial charge in [0.15, 0.2) is 0 Å². The minimum atomic E-state index is -1.28. The van der Waals surface area contributed by atoms with E-state index in [4.69, 9.17) is 10.8 Å². The Morgan fingerprint density at radius 2 is 1.82 bits per heavy atom. The fourth-order valence-corrected chi connectivity index (χ4v) is 1.45. The third-order valence-corrected chi connectivity index (χ3v) is 2.17. The second-order valence-corrected chi connectivity index (χ2v) is 3.28. The minimum absolute atomic E-state index is 0.0424. The zero-order valence-corrected chi connectivity index (χ0v) is 8.43. The van der Waals surface area contributed by atoms with Crippen molar-refractivity contribution in [2.75, 3.05) is 5.73 Å². The number of carboxylic acid groups (broad SMARTS) is 1. The maximum atomic E-state index is 11.4. The lowest BCUT2D eigenvalue weighted by atomic mass is 10.1. The van der Waals surface area contributed by atoms with Gasteiger partial charge in [-0.25, -0.2) is 29.1 Å². The Morgan fingerprint density at radius 1 is 1.24 bits per heavy atom. The second kappa shape index (κ2) is 3.67. The fraction of sp³-hybridized carbons (Fsp3) is 0. The molecule has 0 bridgehead atoms. The highest BCUT2D eigenvalue weighted by Crippen LogP contribution is 2.15. The molecule has 17 heavy (non-hydrogen) atoms. The molecule has 0 saturated heterocycles. The van der Waals surface area contributed by atoms with Crippen LogP contribution in [0.25, 0.3) is 5.69 Å². The topological polar surface area (TPSA) is 134 Å². The number of aromatic nitrogens is 3. The van der Waals surface area contributed by atoms with Crippen LogP contribution < -0.4 is 17.1 Å². The summed E-state index contributed by atoms with van der Waals surface area (Å²) in [5.41, 5.74) is 3.92. The van der Waals surface area contributed by atoms with Gasteiger partial charge >= 0.3 is 17.3 Å². The lowest BCUT2D eigenvalue weighted by Gasteiger charge is -2.05. The van der Waals surface area contributed by atoms with Crippen LogP contribution in [0.1, 0.15) is 10.4 Å². The minimum Gasteiger partial charge on any atom is -0.478 e. The summed E-state index contributed by atoms with van der Waals surface area (Å²) in [6, 6.07) is 3.88. The van der Waals surface area contributed by atoms with E-state index in [9.17, 15) is 14.4 Å². The van der Waals surface area contributed by atoms with Crippen LogP contribution in [0.15, 0.2) is 27.8 Å². The van der Waals surface area contributed by atoms with Crippen LogP contribution >= 0.6 is 0 Å². The van der Waals surface area contributed by atoms with Gasteiger partial charge in [0.2, 0.25) is 0 Å². The molecule has 88 valence electrons. The third kappa shape index (κ3) is 1.71. The average Bonchev–Trinajstić information content (AvgIpc) is 2.59. The van der Waals surface area contributed by atoms with Crippen LogP contribution in [0.4, 0.5) is 5.69 Å². The first-order chi connectivity index (χ1) is 8.00. The SMILES string of the molecule is Nc1ccc(-n2c(=O)[nH][nH]c2=O)c(C(=O)O)c1. The van der Waals surface area contributed by atoms with Crippen LogP contribution in [0.2, 0.25) is 0 Å². The zero-order valence-electron chi connectivity index (χ0n) is 8.43. The van der Waals surface area contributed by atoms with Crippen molar-refractivity contribution in [3.05, 3.63) is 44.7 Å². The molecule has 5 N–H and O–H groups in total. The summed E-state index contributed by atoms with van der Waals surface area (Å²) in [5, 5.41) is 13.1. The highest BCUT2D eigenvalue weighted by atomic mass is 16.4. The molecule has 0 aliphatic rings. The third-order valence-electron chi connectivity index (χ3n) is 2.17. The molecule has 2 aromatic rings. The van der Waals surface area contributed by atoms with Gasteiger partial charge in [-0.3, -0.25) is 0 Å². The van der Waals surface area contributed by atoms with E-state index < -0.39 is 17.3 Å². The van der Waals surface area contributed by atoms with Crippen molar-refractivity contribution in [2.24, 2.45) is 0 Å². The quantitative estimate of drug-likeness (QED) is 0.503. The number of aromatic amines is 2. The number of H-pyrrole nitrogens is 2. The van der Waals surface area contributed by atoms with E-state index in [1.165, 1.54) is 18.2 Å². The van der Waals surface area contributed by atoms with E-state index in [0.29, 0.717) is 4.57 Å².